The van der Waals surface area contributed by atoms with Crippen molar-refractivity contribution >= 4 is 29.5 Å². The standard InChI is InChI=1S/C23H24N4O5/c1-12(2)23(32-22(30)31)17-16(18(26-23)13-8-10-14(11-9-13)19(24)25)20(28)27(21(17)29)15-6-4-3-5-7-15/h3-12,16-18,26H,1-2H3,(H3,24,25)(H,30,31). The molecule has 4 rings (SSSR count). The van der Waals surface area contributed by atoms with Gasteiger partial charge in [0.1, 0.15) is 11.8 Å². The zero-order valence-corrected chi connectivity index (χ0v) is 17.6. The summed E-state index contributed by atoms with van der Waals surface area (Å²) < 4.78 is 5.34. The highest BCUT2D eigenvalue weighted by Gasteiger charge is 2.68. The van der Waals surface area contributed by atoms with Gasteiger partial charge in [-0.1, -0.05) is 56.3 Å². The second-order valence-corrected chi connectivity index (χ2v) is 8.32. The fourth-order valence-corrected chi connectivity index (χ4v) is 4.77. The third-order valence-electron chi connectivity index (χ3n) is 6.26. The number of ether oxygens (including phenoxy) is 1. The van der Waals surface area contributed by atoms with E-state index in [1.807, 2.05) is 0 Å². The molecule has 0 bridgehead atoms. The Balaban J connectivity index is 1.84. The van der Waals surface area contributed by atoms with Crippen molar-refractivity contribution in [1.29, 1.82) is 5.41 Å². The van der Waals surface area contributed by atoms with Gasteiger partial charge in [0, 0.05) is 17.5 Å². The molecule has 0 saturated carbocycles. The highest BCUT2D eigenvalue weighted by atomic mass is 16.7. The molecule has 0 spiro atoms. The Hall–Kier alpha value is -3.72. The SMILES string of the molecule is CC(C)C1(OC(=O)O)NC(c2ccc(C(=N)N)cc2)C2C(=O)N(c3ccccc3)C(=O)C21. The van der Waals surface area contributed by atoms with Crippen LogP contribution in [-0.4, -0.2) is 34.6 Å². The van der Waals surface area contributed by atoms with Crippen molar-refractivity contribution < 1.29 is 24.2 Å². The number of benzene rings is 2. The lowest BCUT2D eigenvalue weighted by Gasteiger charge is -2.36. The van der Waals surface area contributed by atoms with E-state index in [-0.39, 0.29) is 5.84 Å². The fourth-order valence-electron chi connectivity index (χ4n) is 4.77. The van der Waals surface area contributed by atoms with E-state index in [1.165, 1.54) is 0 Å². The molecule has 0 aliphatic carbocycles. The van der Waals surface area contributed by atoms with E-state index < -0.39 is 47.5 Å². The summed E-state index contributed by atoms with van der Waals surface area (Å²) >= 11 is 0. The smallest absolute Gasteiger partial charge is 0.450 e. The maximum atomic E-state index is 13.6. The van der Waals surface area contributed by atoms with Crippen LogP contribution in [0.15, 0.2) is 54.6 Å². The monoisotopic (exact) mass is 436 g/mol. The zero-order valence-electron chi connectivity index (χ0n) is 17.6. The lowest BCUT2D eigenvalue weighted by Crippen LogP contribution is -2.56. The Bertz CT molecular complexity index is 1090. The Morgan fingerprint density at radius 1 is 1.12 bits per heavy atom. The number of hydrogen-bond donors (Lipinski definition) is 4. The van der Waals surface area contributed by atoms with Gasteiger partial charge < -0.3 is 15.6 Å². The molecule has 2 heterocycles. The topological polar surface area (TPSA) is 146 Å². The molecule has 9 heteroatoms. The van der Waals surface area contributed by atoms with E-state index in [4.69, 9.17) is 15.9 Å². The molecule has 2 aliphatic rings. The van der Waals surface area contributed by atoms with Crippen LogP contribution in [0.3, 0.4) is 0 Å². The lowest BCUT2D eigenvalue weighted by atomic mass is 9.81. The van der Waals surface area contributed by atoms with Gasteiger partial charge in [0.2, 0.25) is 11.8 Å². The Morgan fingerprint density at radius 2 is 1.75 bits per heavy atom. The number of nitrogens with two attached hydrogens (primary N) is 1. The van der Waals surface area contributed by atoms with Crippen molar-refractivity contribution in [2.75, 3.05) is 4.90 Å². The molecule has 9 nitrogen and oxygen atoms in total. The number of carbonyl (C=O) groups is 3. The highest BCUT2D eigenvalue weighted by Crippen LogP contribution is 2.52. The van der Waals surface area contributed by atoms with Crippen LogP contribution in [0.4, 0.5) is 10.5 Å². The van der Waals surface area contributed by atoms with Crippen LogP contribution in [0.5, 0.6) is 0 Å². The van der Waals surface area contributed by atoms with Gasteiger partial charge in [-0.15, -0.1) is 0 Å². The van der Waals surface area contributed by atoms with E-state index in [0.717, 1.165) is 4.90 Å². The van der Waals surface area contributed by atoms with Gasteiger partial charge in [-0.3, -0.25) is 20.3 Å². The van der Waals surface area contributed by atoms with Crippen molar-refractivity contribution in [3.8, 4) is 0 Å². The first-order valence-electron chi connectivity index (χ1n) is 10.2. The fraction of sp³-hybridized carbons (Fsp3) is 0.304. The molecule has 5 N–H and O–H groups in total. The Labute approximate surface area is 184 Å². The first kappa shape index (κ1) is 21.5. The zero-order chi connectivity index (χ0) is 23.2. The minimum Gasteiger partial charge on any atom is -0.450 e. The molecule has 0 aromatic heterocycles. The molecule has 2 fully saturated rings. The summed E-state index contributed by atoms with van der Waals surface area (Å²) in [5, 5.41) is 20.2. The first-order valence-corrected chi connectivity index (χ1v) is 10.2. The number of nitrogen functional groups attached to an aromatic ring is 1. The molecule has 2 aromatic rings. The molecule has 166 valence electrons. The third kappa shape index (κ3) is 3.21. The van der Waals surface area contributed by atoms with Crippen LogP contribution < -0.4 is 16.0 Å². The summed E-state index contributed by atoms with van der Waals surface area (Å²) in [4.78, 5) is 39.9. The quantitative estimate of drug-likeness (QED) is 0.244. The molecule has 32 heavy (non-hydrogen) atoms. The van der Waals surface area contributed by atoms with E-state index in [9.17, 15) is 19.5 Å². The largest absolute Gasteiger partial charge is 0.507 e. The van der Waals surface area contributed by atoms with Crippen molar-refractivity contribution in [2.45, 2.75) is 25.6 Å². The predicted octanol–water partition coefficient (Wildman–Crippen LogP) is 2.47. The molecule has 2 saturated heterocycles. The summed E-state index contributed by atoms with van der Waals surface area (Å²) in [7, 11) is 0. The predicted molar refractivity (Wildman–Crippen MR) is 116 cm³/mol. The number of amidine groups is 1. The summed E-state index contributed by atoms with van der Waals surface area (Å²) in [6.07, 6.45) is -1.53. The number of hydrogen-bond acceptors (Lipinski definition) is 6. The molecule has 0 radical (unpaired) electrons. The minimum absolute atomic E-state index is 0.0954. The van der Waals surface area contributed by atoms with Gasteiger partial charge in [0.25, 0.3) is 0 Å². The maximum Gasteiger partial charge on any atom is 0.507 e. The van der Waals surface area contributed by atoms with Gasteiger partial charge in [0.05, 0.1) is 11.6 Å². The van der Waals surface area contributed by atoms with Crippen molar-refractivity contribution in [3.63, 3.8) is 0 Å². The van der Waals surface area contributed by atoms with Gasteiger partial charge in [0.15, 0.2) is 5.72 Å². The molecule has 4 atom stereocenters. The summed E-state index contributed by atoms with van der Waals surface area (Å²) in [5.74, 6) is -3.37. The van der Waals surface area contributed by atoms with Crippen molar-refractivity contribution in [1.82, 2.24) is 5.32 Å². The normalized spacial score (nSPS) is 27.0. The van der Waals surface area contributed by atoms with E-state index in [0.29, 0.717) is 16.8 Å². The van der Waals surface area contributed by atoms with E-state index in [1.54, 1.807) is 68.4 Å². The van der Waals surface area contributed by atoms with Crippen LogP contribution in [0.1, 0.15) is 31.0 Å². The molecule has 4 unspecified atom stereocenters. The van der Waals surface area contributed by atoms with Crippen LogP contribution in [0.2, 0.25) is 0 Å². The number of rotatable bonds is 5. The van der Waals surface area contributed by atoms with E-state index in [2.05, 4.69) is 5.32 Å². The van der Waals surface area contributed by atoms with Gasteiger partial charge in [-0.05, 0) is 17.7 Å². The Morgan fingerprint density at radius 3 is 2.28 bits per heavy atom. The summed E-state index contributed by atoms with van der Waals surface area (Å²) in [5.41, 5.74) is 5.56. The highest BCUT2D eigenvalue weighted by molar-refractivity contribution is 6.23. The number of nitrogens with zero attached hydrogens (tertiary/aromatic N) is 1. The van der Waals surface area contributed by atoms with Crippen LogP contribution in [0.25, 0.3) is 0 Å². The minimum atomic E-state index is -1.59. The molecular formula is C23H24N4O5. The number of amides is 2. The number of nitrogens with one attached hydrogen (secondary N) is 2. The first-order chi connectivity index (χ1) is 15.2. The van der Waals surface area contributed by atoms with Gasteiger partial charge >= 0.3 is 6.16 Å². The maximum absolute atomic E-state index is 13.6. The molecular weight excluding hydrogens is 412 g/mol. The molecule has 2 amide bonds. The third-order valence-corrected chi connectivity index (χ3v) is 6.26. The number of carboxylic acid groups (broad SMARTS) is 1. The summed E-state index contributed by atoms with van der Waals surface area (Å²) in [6, 6.07) is 14.6. The van der Waals surface area contributed by atoms with Crippen LogP contribution in [-0.2, 0) is 14.3 Å². The average molecular weight is 436 g/mol. The summed E-state index contributed by atoms with van der Waals surface area (Å²) in [6.45, 7) is 3.49. The molecule has 2 aromatic carbocycles. The number of carbonyl (C=O) groups excluding carboxylic acids is 2. The second-order valence-electron chi connectivity index (χ2n) is 8.32. The van der Waals surface area contributed by atoms with Gasteiger partial charge in [-0.2, -0.15) is 0 Å². The van der Waals surface area contributed by atoms with E-state index >= 15 is 0 Å². The molecule has 2 aliphatic heterocycles. The Kier molecular flexibility index (Phi) is 5.21. The van der Waals surface area contributed by atoms with Gasteiger partial charge in [-0.25, -0.2) is 9.69 Å². The number of imide groups is 1. The lowest BCUT2D eigenvalue weighted by molar-refractivity contribution is -0.137. The number of para-hydroxylation sites is 1. The second kappa shape index (κ2) is 7.76. The van der Waals surface area contributed by atoms with Crippen molar-refractivity contribution in [3.05, 3.63) is 65.7 Å². The number of anilines is 1. The van der Waals surface area contributed by atoms with Crippen molar-refractivity contribution in [2.24, 2.45) is 23.5 Å². The average Bonchev–Trinajstić information content (AvgIpc) is 3.23. The van der Waals surface area contributed by atoms with Crippen LogP contribution >= 0.6 is 0 Å². The number of fused-ring (bicyclic) bond motifs is 1. The van der Waals surface area contributed by atoms with Crippen LogP contribution in [0, 0.1) is 23.2 Å².